The normalized spacial score (nSPS) is 12.2. The minimum absolute atomic E-state index is 0.133. The van der Waals surface area contributed by atoms with E-state index in [4.69, 9.17) is 10.5 Å². The quantitative estimate of drug-likeness (QED) is 0.737. The van der Waals surface area contributed by atoms with E-state index in [0.717, 1.165) is 0 Å². The zero-order valence-corrected chi connectivity index (χ0v) is 9.97. The highest BCUT2D eigenvalue weighted by Crippen LogP contribution is 2.03. The summed E-state index contributed by atoms with van der Waals surface area (Å²) in [4.78, 5) is 22.8. The summed E-state index contributed by atoms with van der Waals surface area (Å²) < 4.78 is 6.23. The summed E-state index contributed by atoms with van der Waals surface area (Å²) in [5.41, 5.74) is 6.07. The van der Waals surface area contributed by atoms with Crippen LogP contribution in [0.5, 0.6) is 0 Å². The molecule has 3 N–H and O–H groups in total. The molecule has 1 rings (SSSR count). The zero-order chi connectivity index (χ0) is 12.8. The van der Waals surface area contributed by atoms with Crippen LogP contribution in [0, 0.1) is 0 Å². The predicted octanol–water partition coefficient (Wildman–Crippen LogP) is -0.312. The Morgan fingerprint density at radius 3 is 2.88 bits per heavy atom. The Hall–Kier alpha value is -1.66. The van der Waals surface area contributed by atoms with Gasteiger partial charge in [0.15, 0.2) is 0 Å². The van der Waals surface area contributed by atoms with Crippen molar-refractivity contribution in [3.63, 3.8) is 0 Å². The largest absolute Gasteiger partial charge is 0.385 e. The fourth-order valence-corrected chi connectivity index (χ4v) is 1.28. The summed E-state index contributed by atoms with van der Waals surface area (Å²) in [6, 6.07) is 2.31. The predicted molar refractivity (Wildman–Crippen MR) is 64.8 cm³/mol. The van der Waals surface area contributed by atoms with Gasteiger partial charge in [0.1, 0.15) is 0 Å². The number of methoxy groups -OCH3 is 1. The molecule has 1 unspecified atom stereocenters. The first-order valence-corrected chi connectivity index (χ1v) is 5.26. The molecule has 1 aromatic heterocycles. The Kier molecular flexibility index (Phi) is 4.86. The van der Waals surface area contributed by atoms with Crippen LogP contribution in [0.15, 0.2) is 23.1 Å². The van der Waals surface area contributed by atoms with Crippen molar-refractivity contribution in [2.45, 2.75) is 12.5 Å². The maximum absolute atomic E-state index is 11.6. The lowest BCUT2D eigenvalue weighted by atomic mass is 10.2. The van der Waals surface area contributed by atoms with Gasteiger partial charge >= 0.3 is 0 Å². The first-order valence-electron chi connectivity index (χ1n) is 5.26. The number of rotatable bonds is 5. The van der Waals surface area contributed by atoms with Gasteiger partial charge in [-0.2, -0.15) is 0 Å². The molecule has 0 saturated carbocycles. The molecule has 0 bridgehead atoms. The minimum atomic E-state index is -0.618. The van der Waals surface area contributed by atoms with Crippen molar-refractivity contribution >= 4 is 11.6 Å². The van der Waals surface area contributed by atoms with Crippen LogP contribution >= 0.6 is 0 Å². The number of anilines is 1. The third kappa shape index (κ3) is 4.01. The lowest BCUT2D eigenvalue weighted by Gasteiger charge is -2.12. The number of aryl methyl sites for hydroxylation is 1. The molecular formula is C11H17N3O3. The number of hydrogen-bond donors (Lipinski definition) is 2. The number of nitrogens with one attached hydrogen (secondary N) is 1. The van der Waals surface area contributed by atoms with E-state index in [1.807, 2.05) is 0 Å². The molecule has 0 radical (unpaired) electrons. The van der Waals surface area contributed by atoms with E-state index in [-0.39, 0.29) is 11.5 Å². The Balaban J connectivity index is 2.61. The molecule has 0 spiro atoms. The Labute approximate surface area is 99.4 Å². The van der Waals surface area contributed by atoms with Gasteiger partial charge in [0.25, 0.3) is 0 Å². The number of aromatic nitrogens is 1. The molecule has 17 heavy (non-hydrogen) atoms. The lowest BCUT2D eigenvalue weighted by molar-refractivity contribution is -0.117. The average Bonchev–Trinajstić information content (AvgIpc) is 2.30. The fourth-order valence-electron chi connectivity index (χ4n) is 1.28. The van der Waals surface area contributed by atoms with Gasteiger partial charge in [-0.3, -0.25) is 9.59 Å². The highest BCUT2D eigenvalue weighted by atomic mass is 16.5. The monoisotopic (exact) mass is 239 g/mol. The molecule has 6 nitrogen and oxygen atoms in total. The second kappa shape index (κ2) is 6.17. The van der Waals surface area contributed by atoms with Gasteiger partial charge in [-0.25, -0.2) is 0 Å². The molecule has 6 heteroatoms. The zero-order valence-electron chi connectivity index (χ0n) is 9.97. The molecule has 0 aliphatic carbocycles. The number of ether oxygens (including phenoxy) is 1. The van der Waals surface area contributed by atoms with Crippen molar-refractivity contribution in [3.8, 4) is 0 Å². The molecule has 1 aromatic rings. The summed E-state index contributed by atoms with van der Waals surface area (Å²) in [6.45, 7) is 0.432. The highest BCUT2D eigenvalue weighted by molar-refractivity contribution is 5.94. The third-order valence-electron chi connectivity index (χ3n) is 2.32. The lowest BCUT2D eigenvalue weighted by Crippen LogP contribution is -2.36. The number of carbonyl (C=O) groups is 1. The smallest absolute Gasteiger partial charge is 0.250 e. The molecule has 0 fully saturated rings. The molecule has 1 heterocycles. The van der Waals surface area contributed by atoms with E-state index in [1.165, 1.54) is 10.6 Å². The van der Waals surface area contributed by atoms with Crippen molar-refractivity contribution in [2.24, 2.45) is 12.8 Å². The average molecular weight is 239 g/mol. The van der Waals surface area contributed by atoms with Crippen molar-refractivity contribution in [3.05, 3.63) is 28.7 Å². The molecule has 1 atom stereocenters. The number of hydrogen-bond acceptors (Lipinski definition) is 4. The first kappa shape index (κ1) is 13.4. The van der Waals surface area contributed by atoms with Crippen LogP contribution in [0.4, 0.5) is 5.69 Å². The van der Waals surface area contributed by atoms with Crippen molar-refractivity contribution in [2.75, 3.05) is 19.0 Å². The van der Waals surface area contributed by atoms with E-state index < -0.39 is 6.04 Å². The first-order chi connectivity index (χ1) is 8.04. The topological polar surface area (TPSA) is 86.3 Å². The summed E-state index contributed by atoms with van der Waals surface area (Å²) in [5.74, 6) is -0.291. The summed E-state index contributed by atoms with van der Waals surface area (Å²) in [6.07, 6.45) is 2.00. The molecular weight excluding hydrogens is 222 g/mol. The van der Waals surface area contributed by atoms with Gasteiger partial charge in [0, 0.05) is 33.0 Å². The third-order valence-corrected chi connectivity index (χ3v) is 2.32. The molecule has 1 amide bonds. The SMILES string of the molecule is COCCC(N)C(=O)Nc1ccc(=O)n(C)c1. The van der Waals surface area contributed by atoms with E-state index >= 15 is 0 Å². The maximum Gasteiger partial charge on any atom is 0.250 e. The van der Waals surface area contributed by atoms with Crippen molar-refractivity contribution < 1.29 is 9.53 Å². The second-order valence-electron chi connectivity index (χ2n) is 3.74. The van der Waals surface area contributed by atoms with Gasteiger partial charge in [0.2, 0.25) is 11.5 Å². The molecule has 0 aliphatic heterocycles. The van der Waals surface area contributed by atoms with E-state index in [9.17, 15) is 9.59 Å². The summed E-state index contributed by atoms with van der Waals surface area (Å²) in [5, 5.41) is 2.64. The molecule has 94 valence electrons. The molecule has 0 aliphatic rings. The van der Waals surface area contributed by atoms with Gasteiger partial charge in [-0.15, -0.1) is 0 Å². The standard InChI is InChI=1S/C11H17N3O3/c1-14-7-8(3-4-10(14)15)13-11(16)9(12)5-6-17-2/h3-4,7,9H,5-6,12H2,1-2H3,(H,13,16). The summed E-state index contributed by atoms with van der Waals surface area (Å²) >= 11 is 0. The van der Waals surface area contributed by atoms with Crippen LogP contribution < -0.4 is 16.6 Å². The highest BCUT2D eigenvalue weighted by Gasteiger charge is 2.13. The van der Waals surface area contributed by atoms with Crippen molar-refractivity contribution in [1.82, 2.24) is 4.57 Å². The van der Waals surface area contributed by atoms with Crippen LogP contribution in [0.2, 0.25) is 0 Å². The van der Waals surface area contributed by atoms with Crippen LogP contribution in [-0.2, 0) is 16.6 Å². The minimum Gasteiger partial charge on any atom is -0.385 e. The van der Waals surface area contributed by atoms with E-state index in [2.05, 4.69) is 5.32 Å². The Bertz CT molecular complexity index is 442. The summed E-state index contributed by atoms with van der Waals surface area (Å²) in [7, 11) is 3.17. The number of nitrogens with two attached hydrogens (primary N) is 1. The van der Waals surface area contributed by atoms with Gasteiger partial charge in [-0.1, -0.05) is 0 Å². The Morgan fingerprint density at radius 1 is 1.59 bits per heavy atom. The van der Waals surface area contributed by atoms with Crippen LogP contribution in [-0.4, -0.2) is 30.2 Å². The molecule has 0 saturated heterocycles. The molecule has 0 aromatic carbocycles. The van der Waals surface area contributed by atoms with Crippen molar-refractivity contribution in [1.29, 1.82) is 0 Å². The van der Waals surface area contributed by atoms with Gasteiger partial charge in [-0.05, 0) is 12.5 Å². The van der Waals surface area contributed by atoms with E-state index in [0.29, 0.717) is 18.7 Å². The number of pyridine rings is 1. The Morgan fingerprint density at radius 2 is 2.29 bits per heavy atom. The van der Waals surface area contributed by atoms with Crippen LogP contribution in [0.25, 0.3) is 0 Å². The number of nitrogens with zero attached hydrogens (tertiary/aromatic N) is 1. The van der Waals surface area contributed by atoms with Gasteiger partial charge in [0.05, 0.1) is 11.7 Å². The number of carbonyl (C=O) groups excluding carboxylic acids is 1. The van der Waals surface area contributed by atoms with E-state index in [1.54, 1.807) is 26.4 Å². The van der Waals surface area contributed by atoms with Crippen LogP contribution in [0.1, 0.15) is 6.42 Å². The number of amides is 1. The fraction of sp³-hybridized carbons (Fsp3) is 0.455. The maximum atomic E-state index is 11.6. The van der Waals surface area contributed by atoms with Gasteiger partial charge < -0.3 is 20.4 Å². The second-order valence-corrected chi connectivity index (χ2v) is 3.74. The van der Waals surface area contributed by atoms with Crippen LogP contribution in [0.3, 0.4) is 0 Å².